The van der Waals surface area contributed by atoms with Gasteiger partial charge in [0, 0.05) is 35.3 Å². The molecule has 1 unspecified atom stereocenters. The Morgan fingerprint density at radius 3 is 2.88 bits per heavy atom. The number of aromatic nitrogens is 1. The molecule has 4 nitrogen and oxygen atoms in total. The third-order valence-corrected chi connectivity index (χ3v) is 5.53. The lowest BCUT2D eigenvalue weighted by Crippen LogP contribution is -2.46. The van der Waals surface area contributed by atoms with Crippen molar-refractivity contribution in [2.75, 3.05) is 24.7 Å². The van der Waals surface area contributed by atoms with Crippen molar-refractivity contribution in [1.82, 2.24) is 9.88 Å². The summed E-state index contributed by atoms with van der Waals surface area (Å²) in [6.45, 7) is 7.71. The maximum atomic E-state index is 12.3. The average molecular weight is 358 g/mol. The first kappa shape index (κ1) is 18.1. The molecule has 1 aliphatic heterocycles. The summed E-state index contributed by atoms with van der Waals surface area (Å²) in [5, 5.41) is 4.76. The molecule has 1 fully saturated rings. The SMILES string of the molecule is CSc1ccc2nc(NC3CCCN(C(=O)C(C)C)C3)cc(C)c2c1. The van der Waals surface area contributed by atoms with Crippen molar-refractivity contribution in [2.24, 2.45) is 5.92 Å². The van der Waals surface area contributed by atoms with Crippen LogP contribution in [0.15, 0.2) is 29.2 Å². The van der Waals surface area contributed by atoms with Crippen molar-refractivity contribution >= 4 is 34.4 Å². The largest absolute Gasteiger partial charge is 0.366 e. The van der Waals surface area contributed by atoms with Gasteiger partial charge >= 0.3 is 0 Å². The van der Waals surface area contributed by atoms with Crippen LogP contribution in [-0.2, 0) is 4.79 Å². The molecule has 1 atom stereocenters. The Hall–Kier alpha value is -1.75. The Balaban J connectivity index is 1.77. The lowest BCUT2D eigenvalue weighted by Gasteiger charge is -2.34. The van der Waals surface area contributed by atoms with E-state index in [-0.39, 0.29) is 17.9 Å². The Morgan fingerprint density at radius 2 is 2.16 bits per heavy atom. The Bertz CT molecular complexity index is 775. The van der Waals surface area contributed by atoms with Gasteiger partial charge in [0.15, 0.2) is 0 Å². The number of amides is 1. The number of hydrogen-bond acceptors (Lipinski definition) is 4. The van der Waals surface area contributed by atoms with Crippen LogP contribution in [0, 0.1) is 12.8 Å². The van der Waals surface area contributed by atoms with Gasteiger partial charge in [0.2, 0.25) is 5.91 Å². The molecule has 1 N–H and O–H groups in total. The molecular weight excluding hydrogens is 330 g/mol. The van der Waals surface area contributed by atoms with Crippen LogP contribution in [0.1, 0.15) is 32.3 Å². The van der Waals surface area contributed by atoms with Crippen LogP contribution in [0.3, 0.4) is 0 Å². The van der Waals surface area contributed by atoms with Crippen LogP contribution >= 0.6 is 11.8 Å². The second-order valence-corrected chi connectivity index (χ2v) is 8.01. The number of carbonyl (C=O) groups is 1. The van der Waals surface area contributed by atoms with E-state index in [2.05, 4.69) is 42.8 Å². The summed E-state index contributed by atoms with van der Waals surface area (Å²) in [6, 6.07) is 8.80. The number of piperidine rings is 1. The smallest absolute Gasteiger partial charge is 0.225 e. The third kappa shape index (κ3) is 4.09. The standard InChI is InChI=1S/C20H27N3OS/c1-13(2)20(24)23-9-5-6-15(12-23)21-19-10-14(3)17-11-16(25-4)7-8-18(17)22-19/h7-8,10-11,13,15H,5-6,9,12H2,1-4H3,(H,21,22). The number of nitrogens with zero attached hydrogens (tertiary/aromatic N) is 2. The summed E-state index contributed by atoms with van der Waals surface area (Å²) in [7, 11) is 0. The minimum Gasteiger partial charge on any atom is -0.366 e. The zero-order chi connectivity index (χ0) is 18.0. The van der Waals surface area contributed by atoms with E-state index in [1.807, 2.05) is 18.7 Å². The number of hydrogen-bond donors (Lipinski definition) is 1. The molecule has 0 bridgehead atoms. The molecule has 1 amide bonds. The van der Waals surface area contributed by atoms with Gasteiger partial charge in [-0.25, -0.2) is 4.98 Å². The van der Waals surface area contributed by atoms with E-state index in [1.54, 1.807) is 11.8 Å². The van der Waals surface area contributed by atoms with Gasteiger partial charge in [0.25, 0.3) is 0 Å². The van der Waals surface area contributed by atoms with Gasteiger partial charge in [-0.3, -0.25) is 4.79 Å². The van der Waals surface area contributed by atoms with E-state index >= 15 is 0 Å². The monoisotopic (exact) mass is 357 g/mol. The molecule has 1 aliphatic rings. The molecule has 0 spiro atoms. The number of carbonyl (C=O) groups excluding carboxylic acids is 1. The highest BCUT2D eigenvalue weighted by Gasteiger charge is 2.25. The van der Waals surface area contributed by atoms with Gasteiger partial charge in [0.05, 0.1) is 5.52 Å². The molecule has 1 aromatic carbocycles. The lowest BCUT2D eigenvalue weighted by molar-refractivity contribution is -0.135. The Morgan fingerprint density at radius 1 is 1.36 bits per heavy atom. The Kier molecular flexibility index (Phi) is 5.52. The number of fused-ring (bicyclic) bond motifs is 1. The maximum absolute atomic E-state index is 12.3. The predicted molar refractivity (Wildman–Crippen MR) is 106 cm³/mol. The molecule has 134 valence electrons. The summed E-state index contributed by atoms with van der Waals surface area (Å²) in [5.41, 5.74) is 2.25. The molecule has 2 aromatic rings. The molecule has 3 rings (SSSR count). The van der Waals surface area contributed by atoms with Gasteiger partial charge in [-0.2, -0.15) is 0 Å². The summed E-state index contributed by atoms with van der Waals surface area (Å²) < 4.78 is 0. The van der Waals surface area contributed by atoms with Crippen molar-refractivity contribution in [2.45, 2.75) is 44.6 Å². The number of rotatable bonds is 4. The van der Waals surface area contributed by atoms with Crippen LogP contribution in [0.2, 0.25) is 0 Å². The number of nitrogens with one attached hydrogen (secondary N) is 1. The summed E-state index contributed by atoms with van der Waals surface area (Å²) in [4.78, 5) is 20.3. The molecular formula is C20H27N3OS. The molecule has 2 heterocycles. The van der Waals surface area contributed by atoms with Crippen LogP contribution in [-0.4, -0.2) is 41.2 Å². The number of anilines is 1. The first-order chi connectivity index (χ1) is 12.0. The van der Waals surface area contributed by atoms with E-state index in [4.69, 9.17) is 4.98 Å². The number of pyridine rings is 1. The second-order valence-electron chi connectivity index (χ2n) is 7.13. The summed E-state index contributed by atoms with van der Waals surface area (Å²) in [6.07, 6.45) is 4.21. The van der Waals surface area contributed by atoms with Crippen molar-refractivity contribution in [3.8, 4) is 0 Å². The minimum absolute atomic E-state index is 0.0606. The van der Waals surface area contributed by atoms with Gasteiger partial charge in [-0.05, 0) is 55.9 Å². The summed E-state index contributed by atoms with van der Waals surface area (Å²) >= 11 is 1.75. The third-order valence-electron chi connectivity index (χ3n) is 4.80. The van der Waals surface area contributed by atoms with Gasteiger partial charge < -0.3 is 10.2 Å². The van der Waals surface area contributed by atoms with Crippen molar-refractivity contribution in [3.05, 3.63) is 29.8 Å². The minimum atomic E-state index is 0.0606. The highest BCUT2D eigenvalue weighted by atomic mass is 32.2. The molecule has 25 heavy (non-hydrogen) atoms. The summed E-state index contributed by atoms with van der Waals surface area (Å²) in [5.74, 6) is 1.22. The molecule has 5 heteroatoms. The number of thioether (sulfide) groups is 1. The van der Waals surface area contributed by atoms with E-state index in [0.717, 1.165) is 37.3 Å². The fourth-order valence-corrected chi connectivity index (χ4v) is 3.88. The van der Waals surface area contributed by atoms with E-state index in [1.165, 1.54) is 15.8 Å². The zero-order valence-electron chi connectivity index (χ0n) is 15.5. The quantitative estimate of drug-likeness (QED) is 0.828. The number of aryl methyl sites for hydroxylation is 1. The van der Waals surface area contributed by atoms with Crippen molar-refractivity contribution in [3.63, 3.8) is 0 Å². The highest BCUT2D eigenvalue weighted by molar-refractivity contribution is 7.98. The molecule has 0 saturated carbocycles. The van der Waals surface area contributed by atoms with E-state index < -0.39 is 0 Å². The molecule has 0 aliphatic carbocycles. The number of likely N-dealkylation sites (tertiary alicyclic amines) is 1. The van der Waals surface area contributed by atoms with Gasteiger partial charge in [0.1, 0.15) is 5.82 Å². The fraction of sp³-hybridized carbons (Fsp3) is 0.500. The van der Waals surface area contributed by atoms with Crippen molar-refractivity contribution < 1.29 is 4.79 Å². The fourth-order valence-electron chi connectivity index (χ4n) is 3.44. The van der Waals surface area contributed by atoms with Crippen LogP contribution in [0.25, 0.3) is 10.9 Å². The zero-order valence-corrected chi connectivity index (χ0v) is 16.3. The van der Waals surface area contributed by atoms with Crippen molar-refractivity contribution in [1.29, 1.82) is 0 Å². The maximum Gasteiger partial charge on any atom is 0.225 e. The van der Waals surface area contributed by atoms with Crippen LogP contribution < -0.4 is 5.32 Å². The second kappa shape index (κ2) is 7.65. The van der Waals surface area contributed by atoms with Crippen LogP contribution in [0.4, 0.5) is 5.82 Å². The average Bonchev–Trinajstić information content (AvgIpc) is 2.61. The predicted octanol–water partition coefficient (Wildman–Crippen LogP) is 4.32. The van der Waals surface area contributed by atoms with E-state index in [9.17, 15) is 4.79 Å². The molecule has 1 aromatic heterocycles. The molecule has 0 radical (unpaired) electrons. The topological polar surface area (TPSA) is 45.2 Å². The van der Waals surface area contributed by atoms with Gasteiger partial charge in [-0.1, -0.05) is 13.8 Å². The van der Waals surface area contributed by atoms with Crippen LogP contribution in [0.5, 0.6) is 0 Å². The number of benzene rings is 1. The van der Waals surface area contributed by atoms with Gasteiger partial charge in [-0.15, -0.1) is 11.8 Å². The normalized spacial score (nSPS) is 18.0. The lowest BCUT2D eigenvalue weighted by atomic mass is 10.0. The Labute approximate surface area is 154 Å². The first-order valence-electron chi connectivity index (χ1n) is 8.98. The first-order valence-corrected chi connectivity index (χ1v) is 10.2. The highest BCUT2D eigenvalue weighted by Crippen LogP contribution is 2.26. The van der Waals surface area contributed by atoms with E-state index in [0.29, 0.717) is 0 Å². The molecule has 1 saturated heterocycles.